The topological polar surface area (TPSA) is 101 Å². The molecular weight excluding hydrogens is 488 g/mol. The molecule has 192 valence electrons. The van der Waals surface area contributed by atoms with Crippen molar-refractivity contribution in [2.75, 3.05) is 18.4 Å². The van der Waals surface area contributed by atoms with Crippen LogP contribution in [-0.2, 0) is 13.6 Å². The van der Waals surface area contributed by atoms with Crippen LogP contribution in [0.1, 0.15) is 65.6 Å². The Hall–Kier alpha value is -3.47. The Balaban J connectivity index is 1.29. The van der Waals surface area contributed by atoms with E-state index in [0.29, 0.717) is 45.7 Å². The highest BCUT2D eigenvalue weighted by Gasteiger charge is 2.43. The summed E-state index contributed by atoms with van der Waals surface area (Å²) < 4.78 is 4.00. The van der Waals surface area contributed by atoms with Crippen LogP contribution >= 0.6 is 11.3 Å². The van der Waals surface area contributed by atoms with Gasteiger partial charge in [0.1, 0.15) is 21.7 Å². The number of hydrogen-bond acceptors (Lipinski definition) is 7. The minimum atomic E-state index is 0.0355. The Bertz CT molecular complexity index is 1520. The number of aryl methyl sites for hydroxylation is 2. The van der Waals surface area contributed by atoms with Gasteiger partial charge in [0.15, 0.2) is 10.9 Å². The lowest BCUT2D eigenvalue weighted by atomic mass is 10.2. The number of likely N-dealkylation sites (tertiary alicyclic amines) is 1. The van der Waals surface area contributed by atoms with E-state index < -0.39 is 0 Å². The van der Waals surface area contributed by atoms with E-state index in [-0.39, 0.29) is 11.8 Å². The van der Waals surface area contributed by atoms with Gasteiger partial charge in [0, 0.05) is 44.2 Å². The molecule has 3 fully saturated rings. The number of nitrogens with one attached hydrogen (secondary N) is 1. The van der Waals surface area contributed by atoms with Crippen LogP contribution in [0.4, 0.5) is 10.9 Å². The zero-order chi connectivity index (χ0) is 25.3. The van der Waals surface area contributed by atoms with Gasteiger partial charge in [-0.25, -0.2) is 15.0 Å². The maximum Gasteiger partial charge on any atom is 0.271 e. The lowest BCUT2D eigenvalue weighted by Gasteiger charge is -2.22. The van der Waals surface area contributed by atoms with Crippen molar-refractivity contribution in [2.45, 2.75) is 64.1 Å². The van der Waals surface area contributed by atoms with Gasteiger partial charge in [-0.05, 0) is 51.5 Å². The lowest BCUT2D eigenvalue weighted by Crippen LogP contribution is -2.36. The van der Waals surface area contributed by atoms with Crippen molar-refractivity contribution in [3.8, 4) is 0 Å². The first-order valence-electron chi connectivity index (χ1n) is 13.2. The van der Waals surface area contributed by atoms with Crippen molar-refractivity contribution < 1.29 is 9.59 Å². The number of rotatable bonds is 7. The molecule has 4 aromatic rings. The summed E-state index contributed by atoms with van der Waals surface area (Å²) in [7, 11) is 1.96. The van der Waals surface area contributed by atoms with Crippen LogP contribution in [-0.4, -0.2) is 70.9 Å². The van der Waals surface area contributed by atoms with Gasteiger partial charge in [-0.3, -0.25) is 9.59 Å². The van der Waals surface area contributed by atoms with Crippen molar-refractivity contribution in [1.82, 2.24) is 33.9 Å². The number of imidazole rings is 1. The molecular formula is C26H30N8O2S. The van der Waals surface area contributed by atoms with Crippen LogP contribution in [0.2, 0.25) is 0 Å². The third-order valence-electron chi connectivity index (χ3n) is 7.69. The second kappa shape index (κ2) is 8.54. The fourth-order valence-electron chi connectivity index (χ4n) is 5.57. The molecule has 11 heteroatoms. The van der Waals surface area contributed by atoms with Crippen LogP contribution in [0.15, 0.2) is 18.6 Å². The molecule has 4 aromatic heterocycles. The molecule has 2 saturated carbocycles. The van der Waals surface area contributed by atoms with Crippen molar-refractivity contribution in [3.63, 3.8) is 0 Å². The molecule has 1 saturated heterocycles. The first-order valence-corrected chi connectivity index (χ1v) is 14.0. The van der Waals surface area contributed by atoms with Crippen LogP contribution in [0, 0.1) is 0 Å². The molecule has 1 aliphatic heterocycles. The monoisotopic (exact) mass is 518 g/mol. The molecule has 3 aliphatic rings. The normalized spacial score (nSPS) is 17.7. The number of hydrogen-bond donors (Lipinski definition) is 1. The summed E-state index contributed by atoms with van der Waals surface area (Å²) in [5, 5.41) is 4.84. The summed E-state index contributed by atoms with van der Waals surface area (Å²) in [5.74, 6) is 0.721. The molecule has 2 amide bonds. The zero-order valence-electron chi connectivity index (χ0n) is 21.1. The summed E-state index contributed by atoms with van der Waals surface area (Å²) in [6.45, 7) is 4.30. The summed E-state index contributed by atoms with van der Waals surface area (Å²) in [6, 6.07) is 2.76. The zero-order valence-corrected chi connectivity index (χ0v) is 21.9. The smallest absolute Gasteiger partial charge is 0.271 e. The van der Waals surface area contributed by atoms with E-state index in [1.807, 2.05) is 34.1 Å². The number of thiazole rings is 1. The van der Waals surface area contributed by atoms with Crippen LogP contribution < -0.4 is 5.32 Å². The SMILES string of the molecule is CCn1c(C(=O)N(C2CC2)C2CC2)cc2c3c(ncn3C)c(Nc3ncc(C(=O)N4CCCC4)s3)nc21. The second-order valence-corrected chi connectivity index (χ2v) is 11.4. The predicted molar refractivity (Wildman–Crippen MR) is 142 cm³/mol. The largest absolute Gasteiger partial charge is 0.338 e. The number of pyridine rings is 1. The van der Waals surface area contributed by atoms with Gasteiger partial charge < -0.3 is 24.3 Å². The van der Waals surface area contributed by atoms with Gasteiger partial charge in [-0.2, -0.15) is 0 Å². The molecule has 0 bridgehead atoms. The molecule has 2 aliphatic carbocycles. The molecule has 10 nitrogen and oxygen atoms in total. The second-order valence-electron chi connectivity index (χ2n) is 10.4. The fourth-order valence-corrected chi connectivity index (χ4v) is 6.36. The van der Waals surface area contributed by atoms with Gasteiger partial charge in [0.2, 0.25) is 0 Å². The summed E-state index contributed by atoms with van der Waals surface area (Å²) >= 11 is 1.33. The Kier molecular flexibility index (Phi) is 5.24. The lowest BCUT2D eigenvalue weighted by molar-refractivity contribution is 0.0718. The number of carbonyl (C=O) groups is 2. The van der Waals surface area contributed by atoms with Gasteiger partial charge in [-0.1, -0.05) is 11.3 Å². The Labute approximate surface area is 218 Å². The molecule has 1 N–H and O–H groups in total. The average molecular weight is 519 g/mol. The van der Waals surface area contributed by atoms with E-state index >= 15 is 0 Å². The Morgan fingerprint density at radius 1 is 1.14 bits per heavy atom. The minimum absolute atomic E-state index is 0.0355. The van der Waals surface area contributed by atoms with Gasteiger partial charge in [0.05, 0.1) is 18.0 Å². The van der Waals surface area contributed by atoms with Crippen LogP contribution in [0.25, 0.3) is 22.1 Å². The summed E-state index contributed by atoms with van der Waals surface area (Å²) in [5.41, 5.74) is 3.08. The van der Waals surface area contributed by atoms with Crippen LogP contribution in [0.5, 0.6) is 0 Å². The third-order valence-corrected chi connectivity index (χ3v) is 8.59. The van der Waals surface area contributed by atoms with Gasteiger partial charge >= 0.3 is 0 Å². The number of anilines is 2. The Morgan fingerprint density at radius 2 is 1.86 bits per heavy atom. The highest BCUT2D eigenvalue weighted by atomic mass is 32.1. The molecule has 5 heterocycles. The standard InChI is InChI=1S/C26H30N8O2S/c1-3-33-18(24(35)34(15-6-7-15)16-8-9-16)12-17-21-20(28-14-31(21)2)22(29-23(17)33)30-26-27-13-19(37-26)25(36)32-10-4-5-11-32/h12-16H,3-11H2,1-2H3,(H,27,29,30). The van der Waals surface area contributed by atoms with Crippen molar-refractivity contribution in [2.24, 2.45) is 7.05 Å². The minimum Gasteiger partial charge on any atom is -0.338 e. The number of carbonyl (C=O) groups excluding carboxylic acids is 2. The maximum absolute atomic E-state index is 13.8. The molecule has 37 heavy (non-hydrogen) atoms. The number of fused-ring (bicyclic) bond motifs is 3. The van der Waals surface area contributed by atoms with Crippen molar-refractivity contribution >= 4 is 56.2 Å². The highest BCUT2D eigenvalue weighted by molar-refractivity contribution is 7.17. The molecule has 0 unspecified atom stereocenters. The molecule has 7 rings (SSSR count). The fraction of sp³-hybridized carbons (Fsp3) is 0.500. The van der Waals surface area contributed by atoms with Crippen molar-refractivity contribution in [3.05, 3.63) is 29.2 Å². The van der Waals surface area contributed by atoms with E-state index in [1.54, 1.807) is 12.5 Å². The third kappa shape index (κ3) is 3.78. The quantitative estimate of drug-likeness (QED) is 0.395. The first-order chi connectivity index (χ1) is 18.0. The molecule has 0 atom stereocenters. The van der Waals surface area contributed by atoms with Gasteiger partial charge in [0.25, 0.3) is 11.8 Å². The van der Waals surface area contributed by atoms with E-state index in [9.17, 15) is 9.59 Å². The molecule has 0 spiro atoms. The molecule has 0 radical (unpaired) electrons. The predicted octanol–water partition coefficient (Wildman–Crippen LogP) is 4.15. The van der Waals surface area contributed by atoms with E-state index in [2.05, 4.69) is 20.2 Å². The molecule has 0 aromatic carbocycles. The van der Waals surface area contributed by atoms with Crippen molar-refractivity contribution in [1.29, 1.82) is 0 Å². The first kappa shape index (κ1) is 22.7. The van der Waals surface area contributed by atoms with E-state index in [4.69, 9.17) is 4.98 Å². The van der Waals surface area contributed by atoms with E-state index in [1.165, 1.54) is 11.3 Å². The van der Waals surface area contributed by atoms with E-state index in [0.717, 1.165) is 68.2 Å². The summed E-state index contributed by atoms with van der Waals surface area (Å²) in [4.78, 5) is 45.3. The number of aromatic nitrogens is 5. The number of nitrogens with zero attached hydrogens (tertiary/aromatic N) is 7. The van der Waals surface area contributed by atoms with Crippen LogP contribution in [0.3, 0.4) is 0 Å². The summed E-state index contributed by atoms with van der Waals surface area (Å²) in [6.07, 6.45) is 9.91. The Morgan fingerprint density at radius 3 is 2.54 bits per heavy atom. The number of amides is 2. The average Bonchev–Trinajstić information content (AvgIpc) is 3.68. The highest BCUT2D eigenvalue weighted by Crippen LogP contribution is 2.40. The maximum atomic E-state index is 13.8. The van der Waals surface area contributed by atoms with Gasteiger partial charge in [-0.15, -0.1) is 0 Å².